The predicted molar refractivity (Wildman–Crippen MR) is 131 cm³/mol. The monoisotopic (exact) mass is 483 g/mol. The topological polar surface area (TPSA) is 87.1 Å². The van der Waals surface area contributed by atoms with E-state index in [0.29, 0.717) is 16.9 Å². The average molecular weight is 484 g/mol. The standard InChI is InChI=1S/C27H30ClNO5/c1-15(2)34-22-12-10-18(13-16(22)3)25(31)23-24(17-9-11-21(30)20(28)14-17)29(27(33)26(23)32)19-7-5-4-6-8-19/h9-15,19,24,30-31H,4-8H2,1-3H3/b25-23-. The fraction of sp³-hybridized carbons (Fsp3) is 0.407. The van der Waals surface area contributed by atoms with Crippen LogP contribution in [0.1, 0.15) is 68.7 Å². The van der Waals surface area contributed by atoms with Crippen molar-refractivity contribution in [3.63, 3.8) is 0 Å². The minimum atomic E-state index is -0.784. The maximum absolute atomic E-state index is 13.3. The summed E-state index contributed by atoms with van der Waals surface area (Å²) in [6.07, 6.45) is 4.66. The summed E-state index contributed by atoms with van der Waals surface area (Å²) in [7, 11) is 0. The van der Waals surface area contributed by atoms with Crippen LogP contribution in [0.25, 0.3) is 5.76 Å². The molecule has 1 aliphatic heterocycles. The molecule has 2 aromatic rings. The number of ketones is 1. The van der Waals surface area contributed by atoms with Gasteiger partial charge in [0.1, 0.15) is 17.3 Å². The van der Waals surface area contributed by atoms with E-state index in [1.807, 2.05) is 20.8 Å². The lowest BCUT2D eigenvalue weighted by Crippen LogP contribution is -2.40. The fourth-order valence-corrected chi connectivity index (χ4v) is 5.13. The number of hydrogen-bond donors (Lipinski definition) is 2. The first kappa shape index (κ1) is 24.1. The number of halogens is 1. The van der Waals surface area contributed by atoms with Crippen molar-refractivity contribution in [1.82, 2.24) is 4.90 Å². The van der Waals surface area contributed by atoms with Gasteiger partial charge in [-0.2, -0.15) is 0 Å². The van der Waals surface area contributed by atoms with Crippen LogP contribution in [0, 0.1) is 6.92 Å². The number of benzene rings is 2. The zero-order valence-corrected chi connectivity index (χ0v) is 20.4. The van der Waals surface area contributed by atoms with Gasteiger partial charge in [0.25, 0.3) is 11.7 Å². The molecule has 180 valence electrons. The molecule has 1 heterocycles. The Morgan fingerprint density at radius 2 is 1.79 bits per heavy atom. The van der Waals surface area contributed by atoms with Crippen molar-refractivity contribution < 1.29 is 24.5 Å². The zero-order chi connectivity index (χ0) is 24.6. The van der Waals surface area contributed by atoms with E-state index in [-0.39, 0.29) is 34.3 Å². The summed E-state index contributed by atoms with van der Waals surface area (Å²) in [6.45, 7) is 5.73. The van der Waals surface area contributed by atoms with E-state index in [1.54, 1.807) is 35.2 Å². The Balaban J connectivity index is 1.85. The second kappa shape index (κ2) is 9.71. The van der Waals surface area contributed by atoms with E-state index in [2.05, 4.69) is 0 Å². The molecule has 0 radical (unpaired) electrons. The molecule has 34 heavy (non-hydrogen) atoms. The number of hydrogen-bond acceptors (Lipinski definition) is 5. The Kier molecular flexibility index (Phi) is 6.89. The molecule has 1 amide bonds. The van der Waals surface area contributed by atoms with Crippen molar-refractivity contribution in [2.24, 2.45) is 0 Å². The fourth-order valence-electron chi connectivity index (χ4n) is 4.94. The highest BCUT2D eigenvalue weighted by atomic mass is 35.5. The summed E-state index contributed by atoms with van der Waals surface area (Å²) in [4.78, 5) is 28.2. The van der Waals surface area contributed by atoms with Gasteiger partial charge >= 0.3 is 0 Å². The van der Waals surface area contributed by atoms with E-state index in [9.17, 15) is 19.8 Å². The predicted octanol–water partition coefficient (Wildman–Crippen LogP) is 5.90. The van der Waals surface area contributed by atoms with Crippen molar-refractivity contribution in [3.05, 3.63) is 63.7 Å². The number of aromatic hydroxyl groups is 1. The van der Waals surface area contributed by atoms with Gasteiger partial charge in [-0.15, -0.1) is 0 Å². The number of likely N-dealkylation sites (tertiary alicyclic amines) is 1. The van der Waals surface area contributed by atoms with E-state index in [4.69, 9.17) is 16.3 Å². The maximum Gasteiger partial charge on any atom is 0.295 e. The smallest absolute Gasteiger partial charge is 0.295 e. The lowest BCUT2D eigenvalue weighted by Gasteiger charge is -2.35. The van der Waals surface area contributed by atoms with Crippen LogP contribution < -0.4 is 4.74 Å². The number of aliphatic hydroxyl groups is 1. The average Bonchev–Trinajstić information content (AvgIpc) is 3.07. The first-order chi connectivity index (χ1) is 16.2. The number of phenolic OH excluding ortho intramolecular Hbond substituents is 1. The van der Waals surface area contributed by atoms with Crippen LogP contribution >= 0.6 is 11.6 Å². The van der Waals surface area contributed by atoms with Gasteiger partial charge in [-0.05, 0) is 75.1 Å². The highest BCUT2D eigenvalue weighted by molar-refractivity contribution is 6.46. The molecule has 2 N–H and O–H groups in total. The quantitative estimate of drug-likeness (QED) is 0.314. The van der Waals surface area contributed by atoms with Crippen LogP contribution in [0.15, 0.2) is 42.0 Å². The molecule has 1 unspecified atom stereocenters. The second-order valence-electron chi connectivity index (χ2n) is 9.36. The number of nitrogens with zero attached hydrogens (tertiary/aromatic N) is 1. The molecule has 1 atom stereocenters. The first-order valence-corrected chi connectivity index (χ1v) is 12.1. The third-order valence-electron chi connectivity index (χ3n) is 6.55. The second-order valence-corrected chi connectivity index (χ2v) is 9.76. The molecular weight excluding hydrogens is 454 g/mol. The normalized spacial score (nSPS) is 20.9. The van der Waals surface area contributed by atoms with Gasteiger partial charge in [-0.25, -0.2) is 0 Å². The molecular formula is C27H30ClNO5. The Bertz CT molecular complexity index is 1150. The molecule has 0 bridgehead atoms. The Hall–Kier alpha value is -2.99. The van der Waals surface area contributed by atoms with Crippen molar-refractivity contribution in [3.8, 4) is 11.5 Å². The lowest BCUT2D eigenvalue weighted by atomic mass is 9.90. The molecule has 1 aliphatic carbocycles. The Morgan fingerprint density at radius 3 is 2.41 bits per heavy atom. The number of Topliss-reactive ketones (excluding diaryl/α,β-unsaturated/α-hetero) is 1. The number of rotatable bonds is 5. The molecule has 4 rings (SSSR count). The summed E-state index contributed by atoms with van der Waals surface area (Å²) >= 11 is 6.19. The van der Waals surface area contributed by atoms with Crippen molar-refractivity contribution in [1.29, 1.82) is 0 Å². The molecule has 1 saturated carbocycles. The zero-order valence-electron chi connectivity index (χ0n) is 19.7. The van der Waals surface area contributed by atoms with Gasteiger partial charge in [0, 0.05) is 11.6 Å². The van der Waals surface area contributed by atoms with Crippen molar-refractivity contribution in [2.45, 2.75) is 71.1 Å². The molecule has 2 fully saturated rings. The lowest BCUT2D eigenvalue weighted by molar-refractivity contribution is -0.141. The number of carbonyl (C=O) groups is 2. The van der Waals surface area contributed by atoms with Crippen LogP contribution in [0.3, 0.4) is 0 Å². The highest BCUT2D eigenvalue weighted by Gasteiger charge is 2.49. The maximum atomic E-state index is 13.3. The molecule has 2 aromatic carbocycles. The number of aliphatic hydroxyl groups excluding tert-OH is 1. The highest BCUT2D eigenvalue weighted by Crippen LogP contribution is 2.44. The number of carbonyl (C=O) groups excluding carboxylic acids is 2. The number of amides is 1. The minimum absolute atomic E-state index is 0.00166. The molecule has 0 aromatic heterocycles. The van der Waals surface area contributed by atoms with Crippen LogP contribution in [-0.4, -0.2) is 38.9 Å². The number of ether oxygens (including phenoxy) is 1. The largest absolute Gasteiger partial charge is 0.507 e. The van der Waals surface area contributed by atoms with Crippen molar-refractivity contribution in [2.75, 3.05) is 0 Å². The first-order valence-electron chi connectivity index (χ1n) is 11.7. The summed E-state index contributed by atoms with van der Waals surface area (Å²) in [5.74, 6) is -0.950. The minimum Gasteiger partial charge on any atom is -0.507 e. The van der Waals surface area contributed by atoms with E-state index in [0.717, 1.165) is 37.7 Å². The van der Waals surface area contributed by atoms with Gasteiger partial charge in [-0.3, -0.25) is 9.59 Å². The van der Waals surface area contributed by atoms with E-state index >= 15 is 0 Å². The number of aryl methyl sites for hydroxylation is 1. The van der Waals surface area contributed by atoms with Crippen molar-refractivity contribution >= 4 is 29.1 Å². The summed E-state index contributed by atoms with van der Waals surface area (Å²) in [5.41, 5.74) is 1.86. The van der Waals surface area contributed by atoms with Crippen LogP contribution in [0.5, 0.6) is 11.5 Å². The van der Waals surface area contributed by atoms with E-state index in [1.165, 1.54) is 6.07 Å². The van der Waals surface area contributed by atoms with E-state index < -0.39 is 17.7 Å². The third kappa shape index (κ3) is 4.51. The SMILES string of the molecule is Cc1cc(/C(O)=C2/C(=O)C(=O)N(C3CCCCC3)C2c2ccc(O)c(Cl)c2)ccc1OC(C)C. The Labute approximate surface area is 204 Å². The molecule has 2 aliphatic rings. The molecule has 6 nitrogen and oxygen atoms in total. The molecule has 1 saturated heterocycles. The summed E-state index contributed by atoms with van der Waals surface area (Å²) < 4.78 is 5.79. The van der Waals surface area contributed by atoms with Gasteiger partial charge in [0.2, 0.25) is 0 Å². The molecule has 7 heteroatoms. The van der Waals surface area contributed by atoms with Gasteiger partial charge < -0.3 is 19.8 Å². The summed E-state index contributed by atoms with van der Waals surface area (Å²) in [6, 6.07) is 8.96. The van der Waals surface area contributed by atoms with Crippen LogP contribution in [0.4, 0.5) is 0 Å². The summed E-state index contributed by atoms with van der Waals surface area (Å²) in [5, 5.41) is 21.4. The van der Waals surface area contributed by atoms with Crippen LogP contribution in [0.2, 0.25) is 5.02 Å². The van der Waals surface area contributed by atoms with Crippen LogP contribution in [-0.2, 0) is 9.59 Å². The number of phenols is 1. The third-order valence-corrected chi connectivity index (χ3v) is 6.85. The molecule has 0 spiro atoms. The van der Waals surface area contributed by atoms with Gasteiger partial charge in [-0.1, -0.05) is 36.9 Å². The van der Waals surface area contributed by atoms with Gasteiger partial charge in [0.15, 0.2) is 0 Å². The van der Waals surface area contributed by atoms with Gasteiger partial charge in [0.05, 0.1) is 22.7 Å². The Morgan fingerprint density at radius 1 is 1.09 bits per heavy atom.